The number of nitrogens with zero attached hydrogens (tertiary/aromatic N) is 1. The zero-order valence-corrected chi connectivity index (χ0v) is 21.2. The number of sulfone groups is 1. The topological polar surface area (TPSA) is 86.7 Å². The Labute approximate surface area is 188 Å². The number of benzene rings is 1. The lowest BCUT2D eigenvalue weighted by Gasteiger charge is -2.39. The second-order valence-electron chi connectivity index (χ2n) is 10.8. The van der Waals surface area contributed by atoms with Crippen molar-refractivity contribution in [3.63, 3.8) is 0 Å². The number of phenols is 1. The van der Waals surface area contributed by atoms with E-state index in [1.165, 1.54) is 0 Å². The van der Waals surface area contributed by atoms with Crippen LogP contribution in [0.15, 0.2) is 12.1 Å². The molecular weight excluding hydrogens is 412 g/mol. The molecule has 1 saturated heterocycles. The molecule has 0 bridgehead atoms. The van der Waals surface area contributed by atoms with E-state index in [2.05, 4.69) is 47.0 Å². The highest BCUT2D eigenvalue weighted by Gasteiger charge is 2.38. The second-order valence-corrected chi connectivity index (χ2v) is 13.3. The Balaban J connectivity index is 2.16. The first kappa shape index (κ1) is 25.7. The molecule has 2 N–H and O–H groups in total. The smallest absolute Gasteiger partial charge is 0.234 e. The van der Waals surface area contributed by atoms with Gasteiger partial charge in [-0.1, -0.05) is 60.6 Å². The molecule has 1 amide bonds. The van der Waals surface area contributed by atoms with Gasteiger partial charge in [0, 0.05) is 19.0 Å². The van der Waals surface area contributed by atoms with Gasteiger partial charge < -0.3 is 5.11 Å². The molecule has 1 aliphatic rings. The third-order valence-corrected chi connectivity index (χ3v) is 8.44. The number of hydrogen-bond acceptors (Lipinski definition) is 5. The lowest BCUT2D eigenvalue weighted by molar-refractivity contribution is -0.127. The van der Waals surface area contributed by atoms with Gasteiger partial charge in [-0.2, -0.15) is 0 Å². The Morgan fingerprint density at radius 1 is 1.13 bits per heavy atom. The number of phenolic OH excluding ortho intramolecular Hbond substituents is 1. The van der Waals surface area contributed by atoms with Crippen molar-refractivity contribution in [2.24, 2.45) is 0 Å². The summed E-state index contributed by atoms with van der Waals surface area (Å²) in [7, 11) is -3.11. The van der Waals surface area contributed by atoms with Crippen molar-refractivity contribution < 1.29 is 18.3 Å². The monoisotopic (exact) mass is 452 g/mol. The van der Waals surface area contributed by atoms with Crippen LogP contribution in [0, 0.1) is 0 Å². The Morgan fingerprint density at radius 3 is 2.10 bits per heavy atom. The number of carbonyl (C=O) groups excluding carboxylic acids is 1. The maximum Gasteiger partial charge on any atom is 0.234 e. The molecule has 2 rings (SSSR count). The van der Waals surface area contributed by atoms with Crippen molar-refractivity contribution in [1.29, 1.82) is 0 Å². The van der Waals surface area contributed by atoms with Gasteiger partial charge in [0.25, 0.3) is 0 Å². The molecule has 7 heteroatoms. The third kappa shape index (κ3) is 6.01. The summed E-state index contributed by atoms with van der Waals surface area (Å²) < 4.78 is 24.4. The number of aromatic hydroxyl groups is 1. The highest BCUT2D eigenvalue weighted by molar-refractivity contribution is 7.92. The van der Waals surface area contributed by atoms with Gasteiger partial charge in [0.05, 0.1) is 11.0 Å². The van der Waals surface area contributed by atoms with Crippen LogP contribution >= 0.6 is 0 Å². The first-order valence-electron chi connectivity index (χ1n) is 11.2. The Bertz CT molecular complexity index is 875. The van der Waals surface area contributed by atoms with E-state index in [-0.39, 0.29) is 28.5 Å². The SMILES string of the molecule is CCC1C(C)S(=O)(=O)CCN1NC(=O)CCc1cc(C(C)(C)C)c(O)c(C(C)(C)C)c1. The Morgan fingerprint density at radius 2 is 1.65 bits per heavy atom. The minimum atomic E-state index is -3.11. The average Bonchev–Trinajstić information content (AvgIpc) is 2.62. The Hall–Kier alpha value is -1.60. The number of amides is 1. The summed E-state index contributed by atoms with van der Waals surface area (Å²) in [5.74, 6) is 0.280. The molecule has 2 unspecified atom stereocenters. The number of hydrogen-bond donors (Lipinski definition) is 2. The minimum absolute atomic E-state index is 0.0623. The summed E-state index contributed by atoms with van der Waals surface area (Å²) >= 11 is 0. The molecule has 1 heterocycles. The predicted octanol–water partition coefficient (Wildman–Crippen LogP) is 3.85. The zero-order chi connectivity index (χ0) is 23.8. The molecule has 1 aromatic carbocycles. The highest BCUT2D eigenvalue weighted by atomic mass is 32.2. The summed E-state index contributed by atoms with van der Waals surface area (Å²) in [5, 5.41) is 12.2. The van der Waals surface area contributed by atoms with E-state index >= 15 is 0 Å². The van der Waals surface area contributed by atoms with Crippen LogP contribution in [0.3, 0.4) is 0 Å². The van der Waals surface area contributed by atoms with Crippen molar-refractivity contribution in [2.75, 3.05) is 12.3 Å². The number of carbonyl (C=O) groups is 1. The van der Waals surface area contributed by atoms with Crippen LogP contribution < -0.4 is 5.43 Å². The number of rotatable bonds is 5. The van der Waals surface area contributed by atoms with Gasteiger partial charge in [-0.3, -0.25) is 10.2 Å². The zero-order valence-electron chi connectivity index (χ0n) is 20.4. The number of hydrazine groups is 1. The van der Waals surface area contributed by atoms with Crippen LogP contribution in [0.2, 0.25) is 0 Å². The fourth-order valence-corrected chi connectivity index (χ4v) is 5.86. The molecule has 0 radical (unpaired) electrons. The fraction of sp³-hybridized carbons (Fsp3) is 0.708. The van der Waals surface area contributed by atoms with E-state index in [9.17, 15) is 18.3 Å². The van der Waals surface area contributed by atoms with Crippen molar-refractivity contribution in [3.05, 3.63) is 28.8 Å². The summed E-state index contributed by atoms with van der Waals surface area (Å²) in [6.45, 7) is 16.4. The quantitative estimate of drug-likeness (QED) is 0.709. The van der Waals surface area contributed by atoms with Gasteiger partial charge in [0.2, 0.25) is 5.91 Å². The van der Waals surface area contributed by atoms with Gasteiger partial charge in [0.1, 0.15) is 5.75 Å². The Kier molecular flexibility index (Phi) is 7.53. The van der Waals surface area contributed by atoms with Crippen molar-refractivity contribution >= 4 is 15.7 Å². The van der Waals surface area contributed by atoms with E-state index in [4.69, 9.17) is 0 Å². The first-order valence-corrected chi connectivity index (χ1v) is 12.9. The van der Waals surface area contributed by atoms with E-state index < -0.39 is 15.1 Å². The maximum absolute atomic E-state index is 12.7. The predicted molar refractivity (Wildman–Crippen MR) is 126 cm³/mol. The highest BCUT2D eigenvalue weighted by Crippen LogP contribution is 2.40. The number of nitrogens with one attached hydrogen (secondary N) is 1. The third-order valence-electron chi connectivity index (χ3n) is 6.24. The van der Waals surface area contributed by atoms with Crippen LogP contribution in [-0.2, 0) is 31.9 Å². The van der Waals surface area contributed by atoms with E-state index in [1.54, 1.807) is 11.9 Å². The normalized spacial score (nSPS) is 22.3. The number of aryl methyl sites for hydroxylation is 1. The van der Waals surface area contributed by atoms with Gasteiger partial charge in [0.15, 0.2) is 9.84 Å². The fourth-order valence-electron chi connectivity index (χ4n) is 4.22. The average molecular weight is 453 g/mol. The van der Waals surface area contributed by atoms with Crippen LogP contribution in [0.25, 0.3) is 0 Å². The van der Waals surface area contributed by atoms with Crippen LogP contribution in [-0.4, -0.2) is 48.0 Å². The van der Waals surface area contributed by atoms with E-state index in [0.717, 1.165) is 16.7 Å². The van der Waals surface area contributed by atoms with E-state index in [0.29, 0.717) is 31.6 Å². The molecule has 1 aromatic rings. The van der Waals surface area contributed by atoms with Crippen molar-refractivity contribution in [2.45, 2.75) is 96.8 Å². The molecular formula is C24H40N2O4S. The first-order chi connectivity index (χ1) is 14.1. The summed E-state index contributed by atoms with van der Waals surface area (Å²) in [6, 6.07) is 3.79. The molecule has 1 aliphatic heterocycles. The maximum atomic E-state index is 12.7. The van der Waals surface area contributed by atoms with Gasteiger partial charge in [-0.15, -0.1) is 0 Å². The second kappa shape index (κ2) is 9.10. The molecule has 6 nitrogen and oxygen atoms in total. The largest absolute Gasteiger partial charge is 0.507 e. The molecule has 2 atom stereocenters. The molecule has 176 valence electrons. The minimum Gasteiger partial charge on any atom is -0.507 e. The van der Waals surface area contributed by atoms with Crippen molar-refractivity contribution in [3.8, 4) is 5.75 Å². The summed E-state index contributed by atoms with van der Waals surface area (Å²) in [4.78, 5) is 12.7. The lowest BCUT2D eigenvalue weighted by atomic mass is 9.78. The standard InChI is InChI=1S/C24H40N2O4S/c1-9-20-16(2)31(29,30)13-12-26(20)25-21(27)11-10-17-14-18(23(3,4)5)22(28)19(15-17)24(6,7)8/h14-16,20,28H,9-13H2,1-8H3,(H,25,27). The van der Waals surface area contributed by atoms with Gasteiger partial charge in [-0.25, -0.2) is 13.4 Å². The molecule has 0 aliphatic carbocycles. The summed E-state index contributed by atoms with van der Waals surface area (Å²) in [5.41, 5.74) is 5.30. The lowest BCUT2D eigenvalue weighted by Crippen LogP contribution is -2.59. The van der Waals surface area contributed by atoms with Gasteiger partial charge >= 0.3 is 0 Å². The molecule has 0 aromatic heterocycles. The van der Waals surface area contributed by atoms with Crippen LogP contribution in [0.4, 0.5) is 0 Å². The van der Waals surface area contributed by atoms with Crippen LogP contribution in [0.1, 0.15) is 84.9 Å². The van der Waals surface area contributed by atoms with Gasteiger partial charge in [-0.05, 0) is 47.3 Å². The molecule has 0 saturated carbocycles. The van der Waals surface area contributed by atoms with E-state index in [1.807, 2.05) is 19.1 Å². The van der Waals surface area contributed by atoms with Crippen LogP contribution in [0.5, 0.6) is 5.75 Å². The molecule has 1 fully saturated rings. The summed E-state index contributed by atoms with van der Waals surface area (Å²) in [6.07, 6.45) is 1.51. The van der Waals surface area contributed by atoms with Crippen molar-refractivity contribution in [1.82, 2.24) is 10.4 Å². The molecule has 0 spiro atoms. The molecule has 31 heavy (non-hydrogen) atoms.